The second kappa shape index (κ2) is 5.63. The first-order valence-electron chi connectivity index (χ1n) is 7.05. The van der Waals surface area contributed by atoms with Gasteiger partial charge >= 0.3 is 0 Å². The summed E-state index contributed by atoms with van der Waals surface area (Å²) in [5.74, 6) is 0.570. The normalized spacial score (nSPS) is 15.4. The number of aromatic nitrogens is 3. The van der Waals surface area contributed by atoms with E-state index in [2.05, 4.69) is 31.7 Å². The standard InChI is InChI=1S/C15H18FN5/c1-11-12(2)18-10-19-15(11)21-7-5-20(6-8-21)13-3-4-17-14(16)9-13/h3-4,9-10H,5-8H2,1-2H3. The predicted molar refractivity (Wildman–Crippen MR) is 80.1 cm³/mol. The second-order valence-electron chi connectivity index (χ2n) is 5.22. The molecule has 5 nitrogen and oxygen atoms in total. The van der Waals surface area contributed by atoms with Crippen LogP contribution in [-0.2, 0) is 0 Å². The van der Waals surface area contributed by atoms with Crippen molar-refractivity contribution in [3.8, 4) is 0 Å². The number of pyridine rings is 1. The zero-order valence-electron chi connectivity index (χ0n) is 12.3. The van der Waals surface area contributed by atoms with Crippen molar-refractivity contribution < 1.29 is 4.39 Å². The molecule has 0 atom stereocenters. The highest BCUT2D eigenvalue weighted by Crippen LogP contribution is 2.22. The van der Waals surface area contributed by atoms with E-state index in [1.807, 2.05) is 13.0 Å². The highest BCUT2D eigenvalue weighted by molar-refractivity contribution is 5.51. The third-order valence-electron chi connectivity index (χ3n) is 3.96. The van der Waals surface area contributed by atoms with Crippen molar-refractivity contribution in [3.63, 3.8) is 0 Å². The number of anilines is 2. The molecular weight excluding hydrogens is 269 g/mol. The van der Waals surface area contributed by atoms with Crippen LogP contribution in [-0.4, -0.2) is 41.1 Å². The van der Waals surface area contributed by atoms with Crippen LogP contribution < -0.4 is 9.80 Å². The Hall–Kier alpha value is -2.24. The molecule has 2 aromatic rings. The van der Waals surface area contributed by atoms with Gasteiger partial charge in [0.25, 0.3) is 0 Å². The summed E-state index contributed by atoms with van der Waals surface area (Å²) in [6, 6.07) is 3.33. The third kappa shape index (κ3) is 2.79. The van der Waals surface area contributed by atoms with Crippen LogP contribution in [0.15, 0.2) is 24.7 Å². The predicted octanol–water partition coefficient (Wildman–Crippen LogP) is 1.95. The molecule has 21 heavy (non-hydrogen) atoms. The van der Waals surface area contributed by atoms with Crippen molar-refractivity contribution in [3.05, 3.63) is 41.9 Å². The number of aryl methyl sites for hydroxylation is 1. The lowest BCUT2D eigenvalue weighted by molar-refractivity contribution is 0.580. The van der Waals surface area contributed by atoms with Gasteiger partial charge in [-0.15, -0.1) is 0 Å². The summed E-state index contributed by atoms with van der Waals surface area (Å²) in [6.45, 7) is 7.45. The van der Waals surface area contributed by atoms with Gasteiger partial charge in [0.2, 0.25) is 5.95 Å². The summed E-state index contributed by atoms with van der Waals surface area (Å²) in [7, 11) is 0. The minimum Gasteiger partial charge on any atom is -0.368 e. The Morgan fingerprint density at radius 3 is 2.43 bits per heavy atom. The van der Waals surface area contributed by atoms with E-state index < -0.39 is 5.95 Å². The molecule has 2 aromatic heterocycles. The quantitative estimate of drug-likeness (QED) is 0.790. The summed E-state index contributed by atoms with van der Waals surface area (Å²) < 4.78 is 13.2. The Balaban J connectivity index is 1.72. The van der Waals surface area contributed by atoms with E-state index in [1.54, 1.807) is 6.33 Å². The molecule has 6 heteroatoms. The van der Waals surface area contributed by atoms with Gasteiger partial charge in [-0.05, 0) is 19.9 Å². The van der Waals surface area contributed by atoms with Crippen molar-refractivity contribution in [1.29, 1.82) is 0 Å². The monoisotopic (exact) mass is 287 g/mol. The third-order valence-corrected chi connectivity index (χ3v) is 3.96. The Morgan fingerprint density at radius 2 is 1.71 bits per heavy atom. The number of rotatable bonds is 2. The van der Waals surface area contributed by atoms with Crippen LogP contribution in [0, 0.1) is 19.8 Å². The van der Waals surface area contributed by atoms with E-state index >= 15 is 0 Å². The Kier molecular flexibility index (Phi) is 3.68. The smallest absolute Gasteiger partial charge is 0.214 e. The molecule has 1 fully saturated rings. The molecule has 0 radical (unpaired) electrons. The fourth-order valence-corrected chi connectivity index (χ4v) is 2.61. The molecule has 1 aliphatic heterocycles. The fraction of sp³-hybridized carbons (Fsp3) is 0.400. The van der Waals surface area contributed by atoms with Gasteiger partial charge in [0, 0.05) is 55.4 Å². The molecular formula is C15H18FN5. The molecule has 0 aliphatic carbocycles. The maximum Gasteiger partial charge on any atom is 0.214 e. The van der Waals surface area contributed by atoms with Gasteiger partial charge in [-0.25, -0.2) is 15.0 Å². The van der Waals surface area contributed by atoms with E-state index in [-0.39, 0.29) is 0 Å². The maximum absolute atomic E-state index is 13.2. The fourth-order valence-electron chi connectivity index (χ4n) is 2.61. The summed E-state index contributed by atoms with van der Waals surface area (Å²) in [5, 5.41) is 0. The van der Waals surface area contributed by atoms with Crippen LogP contribution >= 0.6 is 0 Å². The molecule has 0 aromatic carbocycles. The van der Waals surface area contributed by atoms with Crippen LogP contribution in [0.2, 0.25) is 0 Å². The van der Waals surface area contributed by atoms with E-state index in [0.29, 0.717) is 0 Å². The molecule has 1 saturated heterocycles. The summed E-state index contributed by atoms with van der Waals surface area (Å²) in [6.07, 6.45) is 3.12. The van der Waals surface area contributed by atoms with Gasteiger partial charge in [-0.3, -0.25) is 0 Å². The summed E-state index contributed by atoms with van der Waals surface area (Å²) in [5.41, 5.74) is 3.03. The molecule has 1 aliphatic rings. The average Bonchev–Trinajstić information content (AvgIpc) is 2.50. The Labute approximate surface area is 123 Å². The lowest BCUT2D eigenvalue weighted by Crippen LogP contribution is -2.47. The van der Waals surface area contributed by atoms with E-state index in [1.165, 1.54) is 12.3 Å². The van der Waals surface area contributed by atoms with Crippen molar-refractivity contribution in [2.45, 2.75) is 13.8 Å². The second-order valence-corrected chi connectivity index (χ2v) is 5.22. The van der Waals surface area contributed by atoms with Crippen LogP contribution in [0.1, 0.15) is 11.3 Å². The number of hydrogen-bond acceptors (Lipinski definition) is 5. The highest BCUT2D eigenvalue weighted by atomic mass is 19.1. The van der Waals surface area contributed by atoms with Gasteiger partial charge in [-0.1, -0.05) is 0 Å². The minimum atomic E-state index is -0.433. The molecule has 0 spiro atoms. The highest BCUT2D eigenvalue weighted by Gasteiger charge is 2.20. The number of piperazine rings is 1. The first-order valence-corrected chi connectivity index (χ1v) is 7.05. The first-order chi connectivity index (χ1) is 10.1. The SMILES string of the molecule is Cc1ncnc(N2CCN(c3ccnc(F)c3)CC2)c1C. The number of hydrogen-bond donors (Lipinski definition) is 0. The van der Waals surface area contributed by atoms with E-state index in [0.717, 1.165) is 48.9 Å². The van der Waals surface area contributed by atoms with Crippen molar-refractivity contribution in [1.82, 2.24) is 15.0 Å². The van der Waals surface area contributed by atoms with Gasteiger partial charge < -0.3 is 9.80 Å². The van der Waals surface area contributed by atoms with Crippen LogP contribution in [0.25, 0.3) is 0 Å². The van der Waals surface area contributed by atoms with E-state index in [4.69, 9.17) is 0 Å². The molecule has 110 valence electrons. The molecule has 0 bridgehead atoms. The average molecular weight is 287 g/mol. The largest absolute Gasteiger partial charge is 0.368 e. The molecule has 0 saturated carbocycles. The minimum absolute atomic E-state index is 0.433. The van der Waals surface area contributed by atoms with E-state index in [9.17, 15) is 4.39 Å². The van der Waals surface area contributed by atoms with Gasteiger partial charge in [0.05, 0.1) is 0 Å². The summed E-state index contributed by atoms with van der Waals surface area (Å²) >= 11 is 0. The molecule has 3 rings (SSSR count). The van der Waals surface area contributed by atoms with Gasteiger partial charge in [0.1, 0.15) is 12.1 Å². The molecule has 0 N–H and O–H groups in total. The zero-order chi connectivity index (χ0) is 14.8. The Bertz CT molecular complexity index is 638. The Morgan fingerprint density at radius 1 is 1.00 bits per heavy atom. The lowest BCUT2D eigenvalue weighted by atomic mass is 10.2. The topological polar surface area (TPSA) is 45.2 Å². The first kappa shape index (κ1) is 13.7. The molecule has 0 amide bonds. The van der Waals surface area contributed by atoms with Gasteiger partial charge in [-0.2, -0.15) is 4.39 Å². The van der Waals surface area contributed by atoms with Crippen molar-refractivity contribution >= 4 is 11.5 Å². The van der Waals surface area contributed by atoms with Crippen LogP contribution in [0.4, 0.5) is 15.9 Å². The maximum atomic E-state index is 13.2. The van der Waals surface area contributed by atoms with Gasteiger partial charge in [0.15, 0.2) is 0 Å². The van der Waals surface area contributed by atoms with Crippen LogP contribution in [0.3, 0.4) is 0 Å². The lowest BCUT2D eigenvalue weighted by Gasteiger charge is -2.37. The summed E-state index contributed by atoms with van der Waals surface area (Å²) in [4.78, 5) is 16.6. The molecule has 3 heterocycles. The van der Waals surface area contributed by atoms with Crippen molar-refractivity contribution in [2.75, 3.05) is 36.0 Å². The molecule has 0 unspecified atom stereocenters. The number of nitrogens with zero attached hydrogens (tertiary/aromatic N) is 5. The van der Waals surface area contributed by atoms with Crippen LogP contribution in [0.5, 0.6) is 0 Å². The number of halogens is 1. The zero-order valence-corrected chi connectivity index (χ0v) is 12.3. The van der Waals surface area contributed by atoms with Crippen molar-refractivity contribution in [2.24, 2.45) is 0 Å².